The number of aliphatic carboxylic acids is 1. The third-order valence-corrected chi connectivity index (χ3v) is 4.41. The number of rotatable bonds is 11. The van der Waals surface area contributed by atoms with E-state index in [4.69, 9.17) is 14.7 Å². The van der Waals surface area contributed by atoms with E-state index in [1.54, 1.807) is 0 Å². The standard InChI is InChI=1S/C23H21NO7/c1-15(25)30-11-10-19(12-21(26)17-4-2-16(13-24)3-5-17)23(29)18-6-8-20(9-7-18)31-14-22(27)28/h2-9,19H,10-12,14H2,1H3,(H,27,28)/p-1. The first-order valence-electron chi connectivity index (χ1n) is 9.43. The first kappa shape index (κ1) is 23.3. The molecule has 0 aliphatic heterocycles. The molecule has 1 unspecified atom stereocenters. The summed E-state index contributed by atoms with van der Waals surface area (Å²) >= 11 is 0. The number of esters is 1. The number of nitrogens with zero attached hydrogens (tertiary/aromatic N) is 1. The Morgan fingerprint density at radius 3 is 2.16 bits per heavy atom. The molecule has 2 aromatic rings. The minimum absolute atomic E-state index is 0.0147. The van der Waals surface area contributed by atoms with Crippen LogP contribution in [0.4, 0.5) is 0 Å². The van der Waals surface area contributed by atoms with Crippen LogP contribution in [0.15, 0.2) is 48.5 Å². The summed E-state index contributed by atoms with van der Waals surface area (Å²) in [5, 5.41) is 19.3. The Hall–Kier alpha value is -3.99. The minimum Gasteiger partial charge on any atom is -0.546 e. The molecular formula is C23H20NO7-. The normalized spacial score (nSPS) is 11.1. The van der Waals surface area contributed by atoms with Gasteiger partial charge in [-0.2, -0.15) is 5.26 Å². The Labute approximate surface area is 179 Å². The quantitative estimate of drug-likeness (QED) is 0.395. The lowest BCUT2D eigenvalue weighted by Gasteiger charge is -2.16. The smallest absolute Gasteiger partial charge is 0.302 e. The summed E-state index contributed by atoms with van der Waals surface area (Å²) < 4.78 is 9.92. The van der Waals surface area contributed by atoms with E-state index in [9.17, 15) is 24.3 Å². The van der Waals surface area contributed by atoms with Crippen molar-refractivity contribution in [1.82, 2.24) is 0 Å². The predicted molar refractivity (Wildman–Crippen MR) is 106 cm³/mol. The third kappa shape index (κ3) is 7.40. The number of ether oxygens (including phenoxy) is 2. The topological polar surface area (TPSA) is 134 Å². The molecule has 31 heavy (non-hydrogen) atoms. The summed E-state index contributed by atoms with van der Waals surface area (Å²) in [6.07, 6.45) is 0.0539. The molecule has 0 spiro atoms. The summed E-state index contributed by atoms with van der Waals surface area (Å²) in [5.74, 6) is -2.94. The molecule has 8 heteroatoms. The lowest BCUT2D eigenvalue weighted by molar-refractivity contribution is -0.307. The van der Waals surface area contributed by atoms with Gasteiger partial charge in [-0.15, -0.1) is 0 Å². The SMILES string of the molecule is CC(=O)OCCC(CC(=O)c1ccc(C#N)cc1)C(=O)c1ccc(OCC(=O)[O-])cc1. The van der Waals surface area contributed by atoms with Crippen LogP contribution in [0.5, 0.6) is 5.75 Å². The van der Waals surface area contributed by atoms with Crippen molar-refractivity contribution in [2.24, 2.45) is 5.92 Å². The number of hydrogen-bond acceptors (Lipinski definition) is 8. The molecule has 0 aliphatic rings. The average Bonchev–Trinajstić information content (AvgIpc) is 2.76. The van der Waals surface area contributed by atoms with E-state index in [1.807, 2.05) is 6.07 Å². The maximum absolute atomic E-state index is 13.0. The monoisotopic (exact) mass is 422 g/mol. The summed E-state index contributed by atoms with van der Waals surface area (Å²) in [7, 11) is 0. The van der Waals surface area contributed by atoms with Gasteiger partial charge in [0.2, 0.25) is 0 Å². The summed E-state index contributed by atoms with van der Waals surface area (Å²) in [5.41, 5.74) is 1.09. The van der Waals surface area contributed by atoms with Gasteiger partial charge >= 0.3 is 5.97 Å². The number of carbonyl (C=O) groups excluding carboxylic acids is 4. The Kier molecular flexibility index (Phi) is 8.46. The molecule has 160 valence electrons. The van der Waals surface area contributed by atoms with Gasteiger partial charge in [0.25, 0.3) is 0 Å². The fourth-order valence-electron chi connectivity index (χ4n) is 2.84. The van der Waals surface area contributed by atoms with Crippen LogP contribution in [-0.4, -0.2) is 36.7 Å². The maximum atomic E-state index is 13.0. The third-order valence-electron chi connectivity index (χ3n) is 4.41. The van der Waals surface area contributed by atoms with Crippen molar-refractivity contribution in [3.05, 3.63) is 65.2 Å². The number of carboxylic acids is 1. The van der Waals surface area contributed by atoms with Gasteiger partial charge in [-0.05, 0) is 42.8 Å². The van der Waals surface area contributed by atoms with Crippen LogP contribution in [0, 0.1) is 17.2 Å². The van der Waals surface area contributed by atoms with Crippen molar-refractivity contribution in [1.29, 1.82) is 5.26 Å². The van der Waals surface area contributed by atoms with E-state index in [-0.39, 0.29) is 36.8 Å². The number of nitriles is 1. The van der Waals surface area contributed by atoms with Gasteiger partial charge in [0.15, 0.2) is 11.6 Å². The lowest BCUT2D eigenvalue weighted by Crippen LogP contribution is -2.28. The van der Waals surface area contributed by atoms with Crippen LogP contribution >= 0.6 is 0 Å². The van der Waals surface area contributed by atoms with E-state index < -0.39 is 24.5 Å². The Bertz CT molecular complexity index is 988. The number of ketones is 2. The van der Waals surface area contributed by atoms with E-state index in [0.29, 0.717) is 16.7 Å². The molecular weight excluding hydrogens is 402 g/mol. The molecule has 8 nitrogen and oxygen atoms in total. The molecule has 0 bridgehead atoms. The van der Waals surface area contributed by atoms with E-state index in [0.717, 1.165) is 0 Å². The van der Waals surface area contributed by atoms with Crippen LogP contribution in [0.25, 0.3) is 0 Å². The lowest BCUT2D eigenvalue weighted by atomic mass is 9.88. The molecule has 0 saturated carbocycles. The molecule has 0 aliphatic carbocycles. The number of benzene rings is 2. The Balaban J connectivity index is 2.14. The summed E-state index contributed by atoms with van der Waals surface area (Å²) in [4.78, 5) is 47.2. The summed E-state index contributed by atoms with van der Waals surface area (Å²) in [6, 6.07) is 13.9. The van der Waals surface area contributed by atoms with E-state index in [1.165, 1.54) is 55.5 Å². The van der Waals surface area contributed by atoms with E-state index in [2.05, 4.69) is 0 Å². The highest BCUT2D eigenvalue weighted by Crippen LogP contribution is 2.22. The zero-order chi connectivity index (χ0) is 22.8. The fourth-order valence-corrected chi connectivity index (χ4v) is 2.84. The molecule has 0 N–H and O–H groups in total. The second-order valence-electron chi connectivity index (χ2n) is 6.69. The second-order valence-corrected chi connectivity index (χ2v) is 6.69. The van der Waals surface area contributed by atoms with Gasteiger partial charge in [0.05, 0.1) is 24.2 Å². The highest BCUT2D eigenvalue weighted by atomic mass is 16.5. The van der Waals surface area contributed by atoms with E-state index >= 15 is 0 Å². The molecule has 0 aromatic heterocycles. The van der Waals surface area contributed by atoms with Crippen molar-refractivity contribution >= 4 is 23.5 Å². The van der Waals surface area contributed by atoms with Gasteiger partial charge in [0.1, 0.15) is 12.4 Å². The average molecular weight is 422 g/mol. The predicted octanol–water partition coefficient (Wildman–Crippen LogP) is 1.71. The van der Waals surface area contributed by atoms with Gasteiger partial charge in [-0.1, -0.05) is 12.1 Å². The minimum atomic E-state index is -1.37. The highest BCUT2D eigenvalue weighted by molar-refractivity contribution is 6.03. The van der Waals surface area contributed by atoms with Crippen LogP contribution in [-0.2, 0) is 14.3 Å². The fraction of sp³-hybridized carbons (Fsp3) is 0.261. The van der Waals surface area contributed by atoms with Crippen molar-refractivity contribution in [2.45, 2.75) is 19.8 Å². The molecule has 0 heterocycles. The van der Waals surface area contributed by atoms with Gasteiger partial charge in [-0.25, -0.2) is 0 Å². The van der Waals surface area contributed by atoms with Gasteiger partial charge in [0, 0.05) is 30.4 Å². The largest absolute Gasteiger partial charge is 0.546 e. The van der Waals surface area contributed by atoms with Crippen LogP contribution in [0.2, 0.25) is 0 Å². The van der Waals surface area contributed by atoms with Crippen LogP contribution in [0.1, 0.15) is 46.0 Å². The Morgan fingerprint density at radius 2 is 1.61 bits per heavy atom. The second kappa shape index (κ2) is 11.3. The van der Waals surface area contributed by atoms with Gasteiger partial charge in [-0.3, -0.25) is 14.4 Å². The number of carbonyl (C=O) groups is 4. The van der Waals surface area contributed by atoms with Crippen LogP contribution < -0.4 is 9.84 Å². The summed E-state index contributed by atoms with van der Waals surface area (Å²) in [6.45, 7) is 0.626. The zero-order valence-electron chi connectivity index (χ0n) is 16.8. The number of hydrogen-bond donors (Lipinski definition) is 0. The van der Waals surface area contributed by atoms with Crippen molar-refractivity contribution in [3.8, 4) is 11.8 Å². The number of Topliss-reactive ketones (excluding diaryl/α,β-unsaturated/α-hetero) is 2. The number of carboxylic acid groups (broad SMARTS) is 1. The first-order chi connectivity index (χ1) is 14.8. The molecule has 0 fully saturated rings. The van der Waals surface area contributed by atoms with Crippen molar-refractivity contribution < 1.29 is 33.8 Å². The maximum Gasteiger partial charge on any atom is 0.302 e. The highest BCUT2D eigenvalue weighted by Gasteiger charge is 2.24. The Morgan fingerprint density at radius 1 is 1.00 bits per heavy atom. The molecule has 0 saturated heterocycles. The molecule has 0 radical (unpaired) electrons. The van der Waals surface area contributed by atoms with Crippen molar-refractivity contribution in [2.75, 3.05) is 13.2 Å². The molecule has 0 amide bonds. The molecule has 1 atom stereocenters. The molecule has 2 aromatic carbocycles. The zero-order valence-corrected chi connectivity index (χ0v) is 16.8. The van der Waals surface area contributed by atoms with Crippen molar-refractivity contribution in [3.63, 3.8) is 0 Å². The first-order valence-corrected chi connectivity index (χ1v) is 9.43. The van der Waals surface area contributed by atoms with Crippen LogP contribution in [0.3, 0.4) is 0 Å². The molecule has 2 rings (SSSR count). The van der Waals surface area contributed by atoms with Gasteiger partial charge < -0.3 is 19.4 Å².